The predicted molar refractivity (Wildman–Crippen MR) is 110 cm³/mol. The first-order valence-electron chi connectivity index (χ1n) is 10.2. The van der Waals surface area contributed by atoms with Crippen LogP contribution in [0, 0.1) is 11.8 Å². The third kappa shape index (κ3) is 5.66. The molecular weight excluding hydrogens is 338 g/mol. The van der Waals surface area contributed by atoms with Crippen molar-refractivity contribution in [1.29, 1.82) is 0 Å². The molecule has 0 bridgehead atoms. The summed E-state index contributed by atoms with van der Waals surface area (Å²) in [4.78, 5) is 7.32. The number of rotatable bonds is 7. The van der Waals surface area contributed by atoms with Gasteiger partial charge in [-0.3, -0.25) is 4.40 Å². The third-order valence-electron chi connectivity index (χ3n) is 4.89. The topological polar surface area (TPSA) is 69.8 Å². The van der Waals surface area contributed by atoms with Crippen LogP contribution in [0.3, 0.4) is 0 Å². The van der Waals surface area contributed by atoms with Gasteiger partial charge in [0.1, 0.15) is 6.54 Å². The Balaban J connectivity index is 1.56. The molecular formula is C20H33N7. The average Bonchev–Trinajstić information content (AvgIpc) is 3.07. The second-order valence-electron chi connectivity index (χ2n) is 7.78. The fourth-order valence-electron chi connectivity index (χ4n) is 3.73. The molecule has 148 valence electrons. The van der Waals surface area contributed by atoms with E-state index >= 15 is 0 Å². The normalized spacial score (nSPS) is 19.0. The fourth-order valence-corrected chi connectivity index (χ4v) is 3.73. The average molecular weight is 372 g/mol. The summed E-state index contributed by atoms with van der Waals surface area (Å²) < 4.78 is 1.98. The number of guanidine groups is 1. The maximum Gasteiger partial charge on any atom is 0.191 e. The summed E-state index contributed by atoms with van der Waals surface area (Å²) >= 11 is 0. The van der Waals surface area contributed by atoms with Crippen molar-refractivity contribution in [3.63, 3.8) is 0 Å². The van der Waals surface area contributed by atoms with Crippen molar-refractivity contribution >= 4 is 11.6 Å². The van der Waals surface area contributed by atoms with Gasteiger partial charge in [0, 0.05) is 32.4 Å². The molecule has 3 heterocycles. The summed E-state index contributed by atoms with van der Waals surface area (Å²) in [7, 11) is 0. The molecule has 0 aliphatic carbocycles. The van der Waals surface area contributed by atoms with E-state index in [1.165, 1.54) is 32.5 Å². The maximum absolute atomic E-state index is 4.72. The Morgan fingerprint density at radius 2 is 2.19 bits per heavy atom. The zero-order valence-corrected chi connectivity index (χ0v) is 16.9. The lowest BCUT2D eigenvalue weighted by molar-refractivity contribution is 0.159. The second-order valence-corrected chi connectivity index (χ2v) is 7.78. The summed E-state index contributed by atoms with van der Waals surface area (Å²) in [6.07, 6.45) is 4.56. The number of aliphatic imine (C=N–C) groups is 1. The van der Waals surface area contributed by atoms with Gasteiger partial charge in [0.25, 0.3) is 0 Å². The Morgan fingerprint density at radius 1 is 1.30 bits per heavy atom. The molecule has 2 aromatic rings. The number of nitrogens with one attached hydrogen (secondary N) is 2. The number of aromatic nitrogens is 3. The summed E-state index contributed by atoms with van der Waals surface area (Å²) in [6.45, 7) is 12.6. The van der Waals surface area contributed by atoms with Gasteiger partial charge >= 0.3 is 0 Å². The zero-order chi connectivity index (χ0) is 19.1. The van der Waals surface area contributed by atoms with E-state index in [1.54, 1.807) is 0 Å². The monoisotopic (exact) mass is 371 g/mol. The maximum atomic E-state index is 4.72. The number of nitrogens with zero attached hydrogens (tertiary/aromatic N) is 5. The molecule has 1 unspecified atom stereocenters. The van der Waals surface area contributed by atoms with Gasteiger partial charge in [-0.05, 0) is 50.3 Å². The molecule has 0 aromatic carbocycles. The van der Waals surface area contributed by atoms with E-state index in [0.29, 0.717) is 12.5 Å². The molecule has 1 atom stereocenters. The quantitative estimate of drug-likeness (QED) is 0.576. The minimum absolute atomic E-state index is 0.505. The van der Waals surface area contributed by atoms with Crippen LogP contribution in [-0.4, -0.2) is 58.2 Å². The van der Waals surface area contributed by atoms with Crippen LogP contribution in [0.2, 0.25) is 0 Å². The van der Waals surface area contributed by atoms with Crippen molar-refractivity contribution < 1.29 is 0 Å². The smallest absolute Gasteiger partial charge is 0.191 e. The molecule has 0 saturated carbocycles. The highest BCUT2D eigenvalue weighted by Gasteiger charge is 2.20. The Kier molecular flexibility index (Phi) is 7.04. The molecule has 3 rings (SSSR count). The molecule has 7 heteroatoms. The molecule has 2 N–H and O–H groups in total. The molecule has 27 heavy (non-hydrogen) atoms. The lowest BCUT2D eigenvalue weighted by atomic mass is 9.97. The highest BCUT2D eigenvalue weighted by atomic mass is 15.3. The molecule has 7 nitrogen and oxygen atoms in total. The largest absolute Gasteiger partial charge is 0.357 e. The van der Waals surface area contributed by atoms with E-state index < -0.39 is 0 Å². The van der Waals surface area contributed by atoms with E-state index in [1.807, 2.05) is 28.8 Å². The lowest BCUT2D eigenvalue weighted by Crippen LogP contribution is -2.45. The molecule has 2 aromatic heterocycles. The molecule has 0 spiro atoms. The first-order chi connectivity index (χ1) is 13.2. The van der Waals surface area contributed by atoms with Gasteiger partial charge in [0.05, 0.1) is 0 Å². The van der Waals surface area contributed by atoms with E-state index in [9.17, 15) is 0 Å². The summed E-state index contributed by atoms with van der Waals surface area (Å²) in [5.41, 5.74) is 0.855. The first kappa shape index (κ1) is 19.6. The summed E-state index contributed by atoms with van der Waals surface area (Å²) in [6, 6.07) is 5.91. The van der Waals surface area contributed by atoms with Crippen LogP contribution in [0.4, 0.5) is 0 Å². The van der Waals surface area contributed by atoms with Gasteiger partial charge in [-0.15, -0.1) is 10.2 Å². The Morgan fingerprint density at radius 3 is 3.00 bits per heavy atom. The molecule has 0 radical (unpaired) electrons. The van der Waals surface area contributed by atoms with Gasteiger partial charge in [-0.25, -0.2) is 4.99 Å². The van der Waals surface area contributed by atoms with Gasteiger partial charge in [-0.1, -0.05) is 19.9 Å². The van der Waals surface area contributed by atoms with Crippen LogP contribution in [-0.2, 0) is 6.54 Å². The van der Waals surface area contributed by atoms with Crippen LogP contribution in [0.25, 0.3) is 5.65 Å². The lowest BCUT2D eigenvalue weighted by Gasteiger charge is -2.34. The van der Waals surface area contributed by atoms with Crippen LogP contribution >= 0.6 is 0 Å². The van der Waals surface area contributed by atoms with E-state index in [4.69, 9.17) is 4.99 Å². The predicted octanol–water partition coefficient (Wildman–Crippen LogP) is 2.15. The SMILES string of the molecule is CCNC(=NCc1nnc2ccccn12)NCC1CCCN(CC(C)C)C1. The van der Waals surface area contributed by atoms with Crippen LogP contribution < -0.4 is 10.6 Å². The van der Waals surface area contributed by atoms with Crippen molar-refractivity contribution in [2.24, 2.45) is 16.8 Å². The number of likely N-dealkylation sites (tertiary alicyclic amines) is 1. The number of piperidine rings is 1. The van der Waals surface area contributed by atoms with Gasteiger partial charge < -0.3 is 15.5 Å². The van der Waals surface area contributed by atoms with Crippen molar-refractivity contribution in [3.05, 3.63) is 30.2 Å². The molecule has 1 saturated heterocycles. The van der Waals surface area contributed by atoms with Crippen molar-refractivity contribution in [2.75, 3.05) is 32.7 Å². The first-order valence-corrected chi connectivity index (χ1v) is 10.2. The second kappa shape index (κ2) is 9.69. The van der Waals surface area contributed by atoms with E-state index in [2.05, 4.69) is 46.5 Å². The van der Waals surface area contributed by atoms with Gasteiger partial charge in [0.15, 0.2) is 17.4 Å². The highest BCUT2D eigenvalue weighted by molar-refractivity contribution is 5.79. The van der Waals surface area contributed by atoms with Crippen LogP contribution in [0.5, 0.6) is 0 Å². The Hall–Kier alpha value is -2.15. The van der Waals surface area contributed by atoms with Crippen LogP contribution in [0.15, 0.2) is 29.4 Å². The highest BCUT2D eigenvalue weighted by Crippen LogP contribution is 2.16. The molecule has 1 aliphatic heterocycles. The van der Waals surface area contributed by atoms with E-state index in [-0.39, 0.29) is 0 Å². The summed E-state index contributed by atoms with van der Waals surface area (Å²) in [5, 5.41) is 15.3. The standard InChI is InChI=1S/C20H33N7/c1-4-21-20(22-12-17-8-7-10-26(15-17)14-16(2)3)23-13-19-25-24-18-9-5-6-11-27(18)19/h5-6,9,11,16-17H,4,7-8,10,12-15H2,1-3H3,(H2,21,22,23). The third-order valence-corrected chi connectivity index (χ3v) is 4.89. The number of fused-ring (bicyclic) bond motifs is 1. The minimum Gasteiger partial charge on any atom is -0.357 e. The minimum atomic E-state index is 0.505. The Labute approximate surface area is 162 Å². The molecule has 0 amide bonds. The summed E-state index contributed by atoms with van der Waals surface area (Å²) in [5.74, 6) is 3.11. The van der Waals surface area contributed by atoms with Gasteiger partial charge in [0.2, 0.25) is 0 Å². The number of hydrogen-bond acceptors (Lipinski definition) is 4. The Bertz CT molecular complexity index is 737. The fraction of sp³-hybridized carbons (Fsp3) is 0.650. The van der Waals surface area contributed by atoms with E-state index in [0.717, 1.165) is 36.4 Å². The van der Waals surface area contributed by atoms with Crippen LogP contribution in [0.1, 0.15) is 39.4 Å². The van der Waals surface area contributed by atoms with Gasteiger partial charge in [-0.2, -0.15) is 0 Å². The number of hydrogen-bond donors (Lipinski definition) is 2. The zero-order valence-electron chi connectivity index (χ0n) is 16.9. The van der Waals surface area contributed by atoms with Crippen molar-refractivity contribution in [2.45, 2.75) is 40.2 Å². The molecule has 1 aliphatic rings. The molecule has 1 fully saturated rings. The van der Waals surface area contributed by atoms with Crippen molar-refractivity contribution in [1.82, 2.24) is 30.1 Å². The number of pyridine rings is 1. The van der Waals surface area contributed by atoms with Crippen molar-refractivity contribution in [3.8, 4) is 0 Å².